The quantitative estimate of drug-likeness (QED) is 0.591. The van der Waals surface area contributed by atoms with Crippen molar-refractivity contribution < 1.29 is 19.4 Å². The van der Waals surface area contributed by atoms with E-state index in [-0.39, 0.29) is 11.6 Å². The van der Waals surface area contributed by atoms with Gasteiger partial charge in [0.25, 0.3) is 0 Å². The van der Waals surface area contributed by atoms with Gasteiger partial charge >= 0.3 is 5.97 Å². The molecule has 1 aliphatic heterocycles. The molecule has 33 heavy (non-hydrogen) atoms. The topological polar surface area (TPSA) is 71.0 Å². The number of hydrogen-bond acceptors (Lipinski definition) is 5. The van der Waals surface area contributed by atoms with E-state index in [0.29, 0.717) is 25.5 Å². The van der Waals surface area contributed by atoms with Crippen LogP contribution in [0.4, 0.5) is 0 Å². The molecule has 0 aromatic heterocycles. The Bertz CT molecular complexity index is 909. The lowest BCUT2D eigenvalue weighted by Crippen LogP contribution is -2.44. The van der Waals surface area contributed by atoms with Gasteiger partial charge in [-0.25, -0.2) is 0 Å². The number of hydrogen-bond donors (Lipinski definition) is 2. The van der Waals surface area contributed by atoms with Crippen molar-refractivity contribution in [1.82, 2.24) is 10.2 Å². The van der Waals surface area contributed by atoms with Gasteiger partial charge in [-0.15, -0.1) is 0 Å². The van der Waals surface area contributed by atoms with E-state index in [9.17, 15) is 4.79 Å². The maximum Gasteiger partial charge on any atom is 0.320 e. The maximum absolute atomic E-state index is 11.1. The standard InChI is InChI=1S/C27H36N2O4/c1-29(2)27(21-7-4-3-5-8-21)14-11-20(12-15-27)13-16-32-22-9-6-10-23(17-22)33-24-18-25(26(30)31)28-19-24/h3-10,17,20,24-25,28H,11-16,18-19H2,1-2H3,(H,30,31)/t20?,24-,25-,27?/m0/s1. The van der Waals surface area contributed by atoms with Crippen LogP contribution in [0.25, 0.3) is 0 Å². The molecule has 2 aromatic carbocycles. The lowest BCUT2D eigenvalue weighted by atomic mass is 9.71. The number of rotatable bonds is 9. The molecular formula is C27H36N2O4. The summed E-state index contributed by atoms with van der Waals surface area (Å²) in [4.78, 5) is 13.5. The number of nitrogens with zero attached hydrogens (tertiary/aromatic N) is 1. The Kier molecular flexibility index (Phi) is 7.56. The normalized spacial score (nSPS) is 27.4. The molecular weight excluding hydrogens is 416 g/mol. The molecule has 2 fully saturated rings. The van der Waals surface area contributed by atoms with E-state index < -0.39 is 12.0 Å². The average Bonchev–Trinajstić information content (AvgIpc) is 3.29. The number of ether oxygens (including phenoxy) is 2. The molecule has 2 aromatic rings. The van der Waals surface area contributed by atoms with Gasteiger partial charge in [0.15, 0.2) is 0 Å². The highest BCUT2D eigenvalue weighted by Crippen LogP contribution is 2.43. The largest absolute Gasteiger partial charge is 0.493 e. The van der Waals surface area contributed by atoms with Crippen LogP contribution < -0.4 is 14.8 Å². The highest BCUT2D eigenvalue weighted by atomic mass is 16.5. The highest BCUT2D eigenvalue weighted by molar-refractivity contribution is 5.73. The minimum Gasteiger partial charge on any atom is -0.493 e. The van der Waals surface area contributed by atoms with Crippen molar-refractivity contribution in [1.29, 1.82) is 0 Å². The van der Waals surface area contributed by atoms with Crippen molar-refractivity contribution >= 4 is 5.97 Å². The fourth-order valence-electron chi connectivity index (χ4n) is 5.34. The van der Waals surface area contributed by atoms with Gasteiger partial charge in [0.05, 0.1) is 6.61 Å². The molecule has 2 atom stereocenters. The summed E-state index contributed by atoms with van der Waals surface area (Å²) >= 11 is 0. The Morgan fingerprint density at radius 1 is 1.09 bits per heavy atom. The van der Waals surface area contributed by atoms with Gasteiger partial charge in [0.1, 0.15) is 23.6 Å². The molecule has 0 amide bonds. The van der Waals surface area contributed by atoms with Crippen molar-refractivity contribution in [3.8, 4) is 11.5 Å². The van der Waals surface area contributed by atoms with E-state index in [4.69, 9.17) is 14.6 Å². The molecule has 2 aliphatic rings. The average molecular weight is 453 g/mol. The van der Waals surface area contributed by atoms with Crippen molar-refractivity contribution in [2.75, 3.05) is 27.2 Å². The molecule has 6 nitrogen and oxygen atoms in total. The van der Waals surface area contributed by atoms with E-state index in [0.717, 1.165) is 17.9 Å². The zero-order valence-corrected chi connectivity index (χ0v) is 19.7. The number of nitrogens with one attached hydrogen (secondary N) is 1. The first-order chi connectivity index (χ1) is 16.0. The van der Waals surface area contributed by atoms with Crippen LogP contribution in [0, 0.1) is 5.92 Å². The summed E-state index contributed by atoms with van der Waals surface area (Å²) in [6, 6.07) is 18.1. The van der Waals surface area contributed by atoms with E-state index in [2.05, 4.69) is 54.6 Å². The van der Waals surface area contributed by atoms with Crippen molar-refractivity contribution in [2.24, 2.45) is 5.92 Å². The molecule has 1 heterocycles. The molecule has 6 heteroatoms. The van der Waals surface area contributed by atoms with E-state index >= 15 is 0 Å². The highest BCUT2D eigenvalue weighted by Gasteiger charge is 2.38. The minimum absolute atomic E-state index is 0.134. The van der Waals surface area contributed by atoms with Gasteiger partial charge < -0.3 is 19.9 Å². The molecule has 0 unspecified atom stereocenters. The summed E-state index contributed by atoms with van der Waals surface area (Å²) in [5.41, 5.74) is 1.56. The second kappa shape index (κ2) is 10.6. The first-order valence-corrected chi connectivity index (χ1v) is 12.0. The lowest BCUT2D eigenvalue weighted by Gasteiger charge is -2.45. The van der Waals surface area contributed by atoms with Gasteiger partial charge in [-0.05, 0) is 69.8 Å². The molecule has 1 saturated heterocycles. The number of carbonyl (C=O) groups is 1. The number of benzene rings is 2. The summed E-state index contributed by atoms with van der Waals surface area (Å²) in [5, 5.41) is 12.1. The molecule has 1 aliphatic carbocycles. The SMILES string of the molecule is CN(C)C1(c2ccccc2)CCC(CCOc2cccc(O[C@@H]3CN[C@H](C(=O)O)C3)c2)CC1. The Hall–Kier alpha value is -2.57. The lowest BCUT2D eigenvalue weighted by molar-refractivity contribution is -0.139. The smallest absolute Gasteiger partial charge is 0.320 e. The summed E-state index contributed by atoms with van der Waals surface area (Å²) in [6.07, 6.45) is 6.15. The third-order valence-electron chi connectivity index (χ3n) is 7.39. The second-order valence-corrected chi connectivity index (χ2v) is 9.62. The monoisotopic (exact) mass is 452 g/mol. The molecule has 0 bridgehead atoms. The van der Waals surface area contributed by atoms with E-state index in [1.54, 1.807) is 0 Å². The number of carboxylic acid groups (broad SMARTS) is 1. The summed E-state index contributed by atoms with van der Waals surface area (Å²) in [7, 11) is 4.41. The zero-order valence-electron chi connectivity index (χ0n) is 19.7. The van der Waals surface area contributed by atoms with Crippen LogP contribution in [0.5, 0.6) is 11.5 Å². The van der Waals surface area contributed by atoms with Crippen LogP contribution in [0.1, 0.15) is 44.1 Å². The Labute approximate surface area is 196 Å². The fourth-order valence-corrected chi connectivity index (χ4v) is 5.34. The third-order valence-corrected chi connectivity index (χ3v) is 7.39. The molecule has 2 N–H and O–H groups in total. The third kappa shape index (κ3) is 5.68. The summed E-state index contributed by atoms with van der Waals surface area (Å²) < 4.78 is 12.0. The summed E-state index contributed by atoms with van der Waals surface area (Å²) in [5.74, 6) is 1.38. The van der Waals surface area contributed by atoms with Gasteiger partial charge in [-0.3, -0.25) is 9.69 Å². The predicted octanol–water partition coefficient (Wildman–Crippen LogP) is 4.30. The minimum atomic E-state index is -0.826. The second-order valence-electron chi connectivity index (χ2n) is 9.62. The molecule has 0 spiro atoms. The van der Waals surface area contributed by atoms with Crippen molar-refractivity contribution in [3.05, 3.63) is 60.2 Å². The van der Waals surface area contributed by atoms with Gasteiger partial charge in [0, 0.05) is 24.6 Å². The van der Waals surface area contributed by atoms with Crippen LogP contribution in [-0.4, -0.2) is 55.4 Å². The number of carboxylic acids is 1. The first-order valence-electron chi connectivity index (χ1n) is 12.0. The van der Waals surface area contributed by atoms with Crippen LogP contribution in [0.2, 0.25) is 0 Å². The van der Waals surface area contributed by atoms with Crippen LogP contribution >= 0.6 is 0 Å². The van der Waals surface area contributed by atoms with Gasteiger partial charge in [-0.1, -0.05) is 36.4 Å². The van der Waals surface area contributed by atoms with Crippen LogP contribution in [-0.2, 0) is 10.3 Å². The Balaban J connectivity index is 1.24. The Morgan fingerprint density at radius 2 is 1.82 bits per heavy atom. The molecule has 178 valence electrons. The van der Waals surface area contributed by atoms with Crippen molar-refractivity contribution in [2.45, 2.75) is 56.2 Å². The van der Waals surface area contributed by atoms with Crippen LogP contribution in [0.15, 0.2) is 54.6 Å². The van der Waals surface area contributed by atoms with Gasteiger partial charge in [0.2, 0.25) is 0 Å². The maximum atomic E-state index is 11.1. The number of aliphatic carboxylic acids is 1. The molecule has 0 radical (unpaired) electrons. The molecule has 4 rings (SSSR count). The van der Waals surface area contributed by atoms with E-state index in [1.807, 2.05) is 24.3 Å². The Morgan fingerprint density at radius 3 is 2.48 bits per heavy atom. The van der Waals surface area contributed by atoms with Crippen LogP contribution in [0.3, 0.4) is 0 Å². The fraction of sp³-hybridized carbons (Fsp3) is 0.519. The van der Waals surface area contributed by atoms with Crippen molar-refractivity contribution in [3.63, 3.8) is 0 Å². The van der Waals surface area contributed by atoms with Gasteiger partial charge in [-0.2, -0.15) is 0 Å². The molecule has 1 saturated carbocycles. The van der Waals surface area contributed by atoms with E-state index in [1.165, 1.54) is 31.2 Å². The zero-order chi connectivity index (χ0) is 23.3. The predicted molar refractivity (Wildman–Crippen MR) is 129 cm³/mol. The first kappa shape index (κ1) is 23.6. The summed E-state index contributed by atoms with van der Waals surface area (Å²) in [6.45, 7) is 1.24.